The first kappa shape index (κ1) is 7.94. The summed E-state index contributed by atoms with van der Waals surface area (Å²) in [5.74, 6) is -0.739. The summed E-state index contributed by atoms with van der Waals surface area (Å²) in [4.78, 5) is 17.5. The van der Waals surface area contributed by atoms with Crippen LogP contribution in [0.3, 0.4) is 0 Å². The monoisotopic (exact) mass is 172 g/mol. The molecular formula is C6H5ClN2O2. The first-order valence-electron chi connectivity index (χ1n) is 2.87. The van der Waals surface area contributed by atoms with E-state index < -0.39 is 5.97 Å². The Kier molecular flexibility index (Phi) is 2.38. The molecule has 1 aromatic heterocycles. The first-order valence-corrected chi connectivity index (χ1v) is 3.25. The minimum Gasteiger partial charge on any atom is -0.481 e. The third kappa shape index (κ3) is 2.51. The lowest BCUT2D eigenvalue weighted by molar-refractivity contribution is -0.136. The van der Waals surface area contributed by atoms with Crippen molar-refractivity contribution < 1.29 is 9.90 Å². The van der Waals surface area contributed by atoms with Gasteiger partial charge in [0.15, 0.2) is 0 Å². The molecule has 0 aromatic carbocycles. The van der Waals surface area contributed by atoms with Gasteiger partial charge in [-0.05, 0) is 6.07 Å². The smallest absolute Gasteiger partial charge is 0.311 e. The molecule has 0 unspecified atom stereocenters. The number of carboxylic acid groups (broad SMARTS) is 1. The normalized spacial score (nSPS) is 9.55. The third-order valence-corrected chi connectivity index (χ3v) is 1.19. The van der Waals surface area contributed by atoms with Gasteiger partial charge in [-0.1, -0.05) is 11.6 Å². The van der Waals surface area contributed by atoms with Crippen LogP contribution in [-0.4, -0.2) is 21.0 Å². The number of halogens is 1. The van der Waals surface area contributed by atoms with E-state index in [-0.39, 0.29) is 17.4 Å². The van der Waals surface area contributed by atoms with Crippen LogP contribution in [0.1, 0.15) is 5.82 Å². The maximum absolute atomic E-state index is 10.2. The largest absolute Gasteiger partial charge is 0.481 e. The van der Waals surface area contributed by atoms with Crippen LogP contribution in [0.2, 0.25) is 5.15 Å². The number of carbonyl (C=O) groups is 1. The van der Waals surface area contributed by atoms with E-state index in [0.29, 0.717) is 0 Å². The Hall–Kier alpha value is -1.16. The number of rotatable bonds is 2. The molecule has 0 aliphatic rings. The van der Waals surface area contributed by atoms with E-state index in [1.54, 1.807) is 0 Å². The second kappa shape index (κ2) is 3.30. The molecule has 0 saturated carbocycles. The number of hydrogen-bond acceptors (Lipinski definition) is 3. The van der Waals surface area contributed by atoms with E-state index in [4.69, 9.17) is 16.7 Å². The minimum atomic E-state index is -0.965. The van der Waals surface area contributed by atoms with E-state index >= 15 is 0 Å². The molecule has 1 aromatic rings. The van der Waals surface area contributed by atoms with Crippen molar-refractivity contribution in [3.05, 3.63) is 23.2 Å². The fraction of sp³-hybridized carbons (Fsp3) is 0.167. The van der Waals surface area contributed by atoms with Gasteiger partial charge in [-0.2, -0.15) is 0 Å². The summed E-state index contributed by atoms with van der Waals surface area (Å²) < 4.78 is 0. The maximum Gasteiger partial charge on any atom is 0.311 e. The van der Waals surface area contributed by atoms with Crippen LogP contribution in [0.5, 0.6) is 0 Å². The summed E-state index contributed by atoms with van der Waals surface area (Å²) in [6.07, 6.45) is 1.23. The summed E-state index contributed by atoms with van der Waals surface area (Å²) in [6, 6.07) is 1.49. The number of aromatic nitrogens is 2. The minimum absolute atomic E-state index is 0.194. The second-order valence-electron chi connectivity index (χ2n) is 1.87. The average molecular weight is 173 g/mol. The molecule has 0 aliphatic heterocycles. The molecule has 0 bridgehead atoms. The molecule has 4 nitrogen and oxygen atoms in total. The van der Waals surface area contributed by atoms with Crippen LogP contribution in [-0.2, 0) is 11.2 Å². The predicted octanol–water partition coefficient (Wildman–Crippen LogP) is 0.757. The van der Waals surface area contributed by atoms with Crippen molar-refractivity contribution in [2.24, 2.45) is 0 Å². The summed E-state index contributed by atoms with van der Waals surface area (Å²) in [5, 5.41) is 8.60. The van der Waals surface area contributed by atoms with Gasteiger partial charge < -0.3 is 5.11 Å². The predicted molar refractivity (Wildman–Crippen MR) is 38.4 cm³/mol. The van der Waals surface area contributed by atoms with Crippen molar-refractivity contribution in [1.82, 2.24) is 9.97 Å². The first-order chi connectivity index (χ1) is 5.18. The van der Waals surface area contributed by atoms with Gasteiger partial charge in [-0.15, -0.1) is 0 Å². The lowest BCUT2D eigenvalue weighted by Crippen LogP contribution is -2.04. The molecule has 0 spiro atoms. The Morgan fingerprint density at radius 1 is 1.73 bits per heavy atom. The quantitative estimate of drug-likeness (QED) is 0.669. The Morgan fingerprint density at radius 3 is 3.00 bits per heavy atom. The highest BCUT2D eigenvalue weighted by molar-refractivity contribution is 6.29. The van der Waals surface area contributed by atoms with Crippen LogP contribution in [0, 0.1) is 0 Å². The molecule has 58 valence electrons. The number of nitrogens with zero attached hydrogens (tertiary/aromatic N) is 2. The zero-order chi connectivity index (χ0) is 8.27. The van der Waals surface area contributed by atoms with Crippen molar-refractivity contribution in [2.45, 2.75) is 6.42 Å². The van der Waals surface area contributed by atoms with Gasteiger partial charge in [0.1, 0.15) is 17.4 Å². The van der Waals surface area contributed by atoms with E-state index in [2.05, 4.69) is 9.97 Å². The standard InChI is InChI=1S/C6H5ClN2O2/c7-4-1-2-8-5(9-4)3-6(10)11/h1-2H,3H2,(H,10,11). The number of aliphatic carboxylic acids is 1. The van der Waals surface area contributed by atoms with Crippen molar-refractivity contribution in [1.29, 1.82) is 0 Å². The second-order valence-corrected chi connectivity index (χ2v) is 2.25. The molecule has 0 amide bonds. The molecule has 0 aliphatic carbocycles. The molecule has 0 fully saturated rings. The van der Waals surface area contributed by atoms with Gasteiger partial charge in [0.2, 0.25) is 0 Å². The Morgan fingerprint density at radius 2 is 2.45 bits per heavy atom. The fourth-order valence-corrected chi connectivity index (χ4v) is 0.749. The Balaban J connectivity index is 2.79. The lowest BCUT2D eigenvalue weighted by Gasteiger charge is -1.93. The summed E-state index contributed by atoms with van der Waals surface area (Å²) in [7, 11) is 0. The van der Waals surface area contributed by atoms with Gasteiger partial charge in [0.05, 0.1) is 0 Å². The van der Waals surface area contributed by atoms with E-state index in [1.165, 1.54) is 12.3 Å². The van der Waals surface area contributed by atoms with Crippen LogP contribution < -0.4 is 0 Å². The van der Waals surface area contributed by atoms with Crippen molar-refractivity contribution in [3.8, 4) is 0 Å². The highest BCUT2D eigenvalue weighted by Gasteiger charge is 2.02. The Bertz CT molecular complexity index is 277. The van der Waals surface area contributed by atoms with Gasteiger partial charge in [0, 0.05) is 6.20 Å². The highest BCUT2D eigenvalue weighted by atomic mass is 35.5. The summed E-state index contributed by atoms with van der Waals surface area (Å²) in [5.41, 5.74) is 0. The zero-order valence-corrected chi connectivity index (χ0v) is 6.25. The molecule has 0 saturated heterocycles. The lowest BCUT2D eigenvalue weighted by atomic mass is 10.4. The number of hydrogen-bond donors (Lipinski definition) is 1. The molecule has 1 N–H and O–H groups in total. The topological polar surface area (TPSA) is 63.1 Å². The van der Waals surface area contributed by atoms with Crippen LogP contribution in [0.4, 0.5) is 0 Å². The van der Waals surface area contributed by atoms with Crippen LogP contribution >= 0.6 is 11.6 Å². The Labute approximate surface area is 67.9 Å². The SMILES string of the molecule is O=C(O)Cc1nccc(Cl)n1. The van der Waals surface area contributed by atoms with Crippen LogP contribution in [0.15, 0.2) is 12.3 Å². The average Bonchev–Trinajstić information content (AvgIpc) is 1.85. The van der Waals surface area contributed by atoms with Gasteiger partial charge in [0.25, 0.3) is 0 Å². The van der Waals surface area contributed by atoms with Gasteiger partial charge >= 0.3 is 5.97 Å². The molecule has 5 heteroatoms. The number of carboxylic acids is 1. The van der Waals surface area contributed by atoms with Gasteiger partial charge in [-0.3, -0.25) is 4.79 Å². The van der Waals surface area contributed by atoms with E-state index in [0.717, 1.165) is 0 Å². The molecule has 0 radical (unpaired) electrons. The molecular weight excluding hydrogens is 168 g/mol. The van der Waals surface area contributed by atoms with Gasteiger partial charge in [-0.25, -0.2) is 9.97 Å². The summed E-state index contributed by atoms with van der Waals surface area (Å²) in [6.45, 7) is 0. The van der Waals surface area contributed by atoms with Crippen molar-refractivity contribution >= 4 is 17.6 Å². The third-order valence-electron chi connectivity index (χ3n) is 0.981. The van der Waals surface area contributed by atoms with Crippen LogP contribution in [0.25, 0.3) is 0 Å². The fourth-order valence-electron chi connectivity index (χ4n) is 0.595. The molecule has 0 atom stereocenters. The van der Waals surface area contributed by atoms with E-state index in [1.807, 2.05) is 0 Å². The van der Waals surface area contributed by atoms with Crippen molar-refractivity contribution in [3.63, 3.8) is 0 Å². The van der Waals surface area contributed by atoms with E-state index in [9.17, 15) is 4.79 Å². The molecule has 1 rings (SSSR count). The zero-order valence-electron chi connectivity index (χ0n) is 5.49. The maximum atomic E-state index is 10.2. The molecule has 1 heterocycles. The molecule has 11 heavy (non-hydrogen) atoms. The highest BCUT2D eigenvalue weighted by Crippen LogP contribution is 2.02. The summed E-state index contributed by atoms with van der Waals surface area (Å²) >= 11 is 5.48. The van der Waals surface area contributed by atoms with Crippen molar-refractivity contribution in [2.75, 3.05) is 0 Å².